The summed E-state index contributed by atoms with van der Waals surface area (Å²) < 4.78 is 5.87. The van der Waals surface area contributed by atoms with Crippen LogP contribution in [0.2, 0.25) is 5.02 Å². The van der Waals surface area contributed by atoms with Gasteiger partial charge in [-0.25, -0.2) is 0 Å². The molecular formula is C12H14ClNO. The Hall–Kier alpha value is -0.890. The van der Waals surface area contributed by atoms with E-state index in [-0.39, 0.29) is 0 Å². The molecule has 15 heavy (non-hydrogen) atoms. The van der Waals surface area contributed by atoms with Gasteiger partial charge in [0.25, 0.3) is 0 Å². The SMILES string of the molecule is Nc1ccc(OC2CC3C[C@H]3C2)c(Cl)c1. The van der Waals surface area contributed by atoms with Crippen LogP contribution in [0, 0.1) is 11.8 Å². The maximum Gasteiger partial charge on any atom is 0.138 e. The minimum absolute atomic E-state index is 0.370. The van der Waals surface area contributed by atoms with E-state index in [1.807, 2.05) is 12.1 Å². The first-order valence-electron chi connectivity index (χ1n) is 5.44. The molecule has 2 aliphatic rings. The highest BCUT2D eigenvalue weighted by molar-refractivity contribution is 6.32. The Labute approximate surface area is 94.4 Å². The fourth-order valence-electron chi connectivity index (χ4n) is 2.55. The standard InChI is InChI=1S/C12H14ClNO/c13-11-6-9(14)1-2-12(11)15-10-4-7-3-8(7)5-10/h1-2,6-8,10H,3-5,14H2/t7-,8?,10?/m0/s1. The van der Waals surface area contributed by atoms with E-state index in [1.54, 1.807) is 6.07 Å². The van der Waals surface area contributed by atoms with Crippen molar-refractivity contribution in [3.8, 4) is 5.75 Å². The molecule has 0 aromatic heterocycles. The van der Waals surface area contributed by atoms with Gasteiger partial charge in [0.1, 0.15) is 5.75 Å². The Morgan fingerprint density at radius 2 is 1.93 bits per heavy atom. The summed E-state index contributed by atoms with van der Waals surface area (Å²) in [4.78, 5) is 0. The van der Waals surface area contributed by atoms with E-state index in [9.17, 15) is 0 Å². The third-order valence-electron chi connectivity index (χ3n) is 3.45. The Bertz CT molecular complexity index is 383. The summed E-state index contributed by atoms with van der Waals surface area (Å²) in [6.07, 6.45) is 4.18. The van der Waals surface area contributed by atoms with Gasteiger partial charge in [-0.1, -0.05) is 11.6 Å². The highest BCUT2D eigenvalue weighted by atomic mass is 35.5. The largest absolute Gasteiger partial charge is 0.489 e. The number of nitrogens with two attached hydrogens (primary N) is 1. The Morgan fingerprint density at radius 3 is 2.60 bits per heavy atom. The fraction of sp³-hybridized carbons (Fsp3) is 0.500. The van der Waals surface area contributed by atoms with Crippen LogP contribution in [-0.4, -0.2) is 6.10 Å². The first-order chi connectivity index (χ1) is 7.22. The number of benzene rings is 1. The smallest absolute Gasteiger partial charge is 0.138 e. The Morgan fingerprint density at radius 1 is 1.20 bits per heavy atom. The Balaban J connectivity index is 1.71. The molecule has 0 radical (unpaired) electrons. The summed E-state index contributed by atoms with van der Waals surface area (Å²) in [5, 5.41) is 0.621. The molecule has 1 aromatic rings. The zero-order chi connectivity index (χ0) is 10.4. The van der Waals surface area contributed by atoms with Crippen molar-refractivity contribution < 1.29 is 4.74 Å². The number of nitrogen functional groups attached to an aromatic ring is 1. The third-order valence-corrected chi connectivity index (χ3v) is 3.75. The quantitative estimate of drug-likeness (QED) is 0.782. The number of hydrogen-bond acceptors (Lipinski definition) is 2. The molecule has 80 valence electrons. The van der Waals surface area contributed by atoms with Crippen molar-refractivity contribution >= 4 is 17.3 Å². The van der Waals surface area contributed by atoms with Gasteiger partial charge in [-0.05, 0) is 49.3 Å². The normalized spacial score (nSPS) is 32.5. The molecule has 2 nitrogen and oxygen atoms in total. The van der Waals surface area contributed by atoms with Crippen LogP contribution < -0.4 is 10.5 Å². The minimum Gasteiger partial charge on any atom is -0.489 e. The summed E-state index contributed by atoms with van der Waals surface area (Å²) in [7, 11) is 0. The molecule has 0 heterocycles. The lowest BCUT2D eigenvalue weighted by atomic mass is 10.2. The molecular weight excluding hydrogens is 210 g/mol. The van der Waals surface area contributed by atoms with Crippen LogP contribution in [0.4, 0.5) is 5.69 Å². The molecule has 0 amide bonds. The maximum atomic E-state index is 6.05. The van der Waals surface area contributed by atoms with Gasteiger partial charge >= 0.3 is 0 Å². The van der Waals surface area contributed by atoms with Gasteiger partial charge < -0.3 is 10.5 Å². The second-order valence-corrected chi connectivity index (χ2v) is 5.06. The van der Waals surface area contributed by atoms with Gasteiger partial charge in [0.15, 0.2) is 0 Å². The molecule has 0 spiro atoms. The van der Waals surface area contributed by atoms with Crippen LogP contribution in [0.5, 0.6) is 5.75 Å². The number of rotatable bonds is 2. The molecule has 0 saturated heterocycles. The molecule has 3 atom stereocenters. The second kappa shape index (κ2) is 3.31. The van der Waals surface area contributed by atoms with Crippen LogP contribution in [0.25, 0.3) is 0 Å². The third kappa shape index (κ3) is 1.78. The van der Waals surface area contributed by atoms with Crippen molar-refractivity contribution in [2.45, 2.75) is 25.4 Å². The zero-order valence-corrected chi connectivity index (χ0v) is 9.20. The average molecular weight is 224 g/mol. The van der Waals surface area contributed by atoms with Crippen LogP contribution in [0.15, 0.2) is 18.2 Å². The molecule has 2 unspecified atom stereocenters. The summed E-state index contributed by atoms with van der Waals surface area (Å²) in [5.74, 6) is 2.64. The number of hydrogen-bond donors (Lipinski definition) is 1. The first-order valence-corrected chi connectivity index (χ1v) is 5.82. The van der Waals surface area contributed by atoms with E-state index in [2.05, 4.69) is 0 Å². The zero-order valence-electron chi connectivity index (χ0n) is 8.45. The molecule has 0 bridgehead atoms. The van der Waals surface area contributed by atoms with E-state index < -0.39 is 0 Å². The highest BCUT2D eigenvalue weighted by Crippen LogP contribution is 2.52. The van der Waals surface area contributed by atoms with Gasteiger partial charge in [0.05, 0.1) is 11.1 Å². The van der Waals surface area contributed by atoms with Crippen molar-refractivity contribution in [2.75, 3.05) is 5.73 Å². The minimum atomic E-state index is 0.370. The lowest BCUT2D eigenvalue weighted by molar-refractivity contribution is 0.195. The van der Waals surface area contributed by atoms with Crippen LogP contribution in [0.3, 0.4) is 0 Å². The molecule has 3 rings (SSSR count). The van der Waals surface area contributed by atoms with E-state index in [0.717, 1.165) is 17.6 Å². The molecule has 3 heteroatoms. The predicted molar refractivity (Wildman–Crippen MR) is 61.1 cm³/mol. The first kappa shape index (κ1) is 9.34. The van der Waals surface area contributed by atoms with Crippen molar-refractivity contribution in [3.05, 3.63) is 23.2 Å². The van der Waals surface area contributed by atoms with Gasteiger partial charge in [-0.2, -0.15) is 0 Å². The maximum absolute atomic E-state index is 6.05. The molecule has 0 aliphatic heterocycles. The van der Waals surface area contributed by atoms with E-state index >= 15 is 0 Å². The number of halogens is 1. The predicted octanol–water partition coefficient (Wildman–Crippen LogP) is 3.10. The van der Waals surface area contributed by atoms with E-state index in [0.29, 0.717) is 16.8 Å². The summed E-state index contributed by atoms with van der Waals surface area (Å²) in [5.41, 5.74) is 6.31. The Kier molecular flexibility index (Phi) is 2.06. The number of anilines is 1. The molecule has 2 fully saturated rings. The van der Waals surface area contributed by atoms with Gasteiger partial charge in [0, 0.05) is 5.69 Å². The van der Waals surface area contributed by atoms with Gasteiger partial charge in [-0.3, -0.25) is 0 Å². The topological polar surface area (TPSA) is 35.2 Å². The van der Waals surface area contributed by atoms with Crippen molar-refractivity contribution in [1.29, 1.82) is 0 Å². The van der Waals surface area contributed by atoms with E-state index in [1.165, 1.54) is 19.3 Å². The van der Waals surface area contributed by atoms with E-state index in [4.69, 9.17) is 22.1 Å². The number of ether oxygens (including phenoxy) is 1. The lowest BCUT2D eigenvalue weighted by Crippen LogP contribution is -2.13. The summed E-state index contributed by atoms with van der Waals surface area (Å²) in [6.45, 7) is 0. The molecule has 1 aromatic carbocycles. The summed E-state index contributed by atoms with van der Waals surface area (Å²) >= 11 is 6.05. The van der Waals surface area contributed by atoms with Gasteiger partial charge in [-0.15, -0.1) is 0 Å². The average Bonchev–Trinajstić information content (AvgIpc) is 2.79. The van der Waals surface area contributed by atoms with Gasteiger partial charge in [0.2, 0.25) is 0 Å². The molecule has 2 saturated carbocycles. The van der Waals surface area contributed by atoms with Crippen LogP contribution in [-0.2, 0) is 0 Å². The molecule has 2 N–H and O–H groups in total. The lowest BCUT2D eigenvalue weighted by Gasteiger charge is -2.16. The van der Waals surface area contributed by atoms with Crippen LogP contribution >= 0.6 is 11.6 Å². The monoisotopic (exact) mass is 223 g/mol. The van der Waals surface area contributed by atoms with Crippen molar-refractivity contribution in [2.24, 2.45) is 11.8 Å². The fourth-order valence-corrected chi connectivity index (χ4v) is 2.78. The summed E-state index contributed by atoms with van der Waals surface area (Å²) in [6, 6.07) is 5.44. The van der Waals surface area contributed by atoms with Crippen LogP contribution in [0.1, 0.15) is 19.3 Å². The highest BCUT2D eigenvalue weighted by Gasteiger charge is 2.46. The van der Waals surface area contributed by atoms with Crippen molar-refractivity contribution in [1.82, 2.24) is 0 Å². The van der Waals surface area contributed by atoms with Crippen molar-refractivity contribution in [3.63, 3.8) is 0 Å². The molecule has 2 aliphatic carbocycles. The second-order valence-electron chi connectivity index (χ2n) is 4.66. The number of fused-ring (bicyclic) bond motifs is 1.